The molecule has 0 radical (unpaired) electrons. The fourth-order valence-corrected chi connectivity index (χ4v) is 18.8. The lowest BCUT2D eigenvalue weighted by Gasteiger charge is -2.54. The van der Waals surface area contributed by atoms with E-state index < -0.39 is 195 Å². The molecule has 5 fully saturated rings. The van der Waals surface area contributed by atoms with Crippen LogP contribution in [-0.2, 0) is 58.9 Å². The molecule has 35 heteroatoms. The average Bonchev–Trinajstić information content (AvgIpc) is 1.56. The molecule has 0 aromatic heterocycles. The summed E-state index contributed by atoms with van der Waals surface area (Å²) in [4.78, 5) is 124. The lowest BCUT2D eigenvalue weighted by molar-refractivity contribution is -0.270. The van der Waals surface area contributed by atoms with Crippen LogP contribution in [0, 0.1) is 29.6 Å². The minimum atomic E-state index is -4.87. The molecular weight excluding hydrogens is 1560 g/mol. The number of ether oxygens (including phenoxy) is 5. The first-order chi connectivity index (χ1) is 55.8. The zero-order valence-corrected chi connectivity index (χ0v) is 65.8. The quantitative estimate of drug-likeness (QED) is 0.0386. The fraction of sp³-hybridized carbons (Fsp3) is 0.463. The van der Waals surface area contributed by atoms with E-state index in [1.807, 2.05) is 18.6 Å². The molecule has 6 aliphatic heterocycles. The smallest absolute Gasteiger partial charge is 0.264 e. The molecule has 11 aliphatic rings. The van der Waals surface area contributed by atoms with E-state index in [4.69, 9.17) is 41.0 Å². The third-order valence-electron chi connectivity index (χ3n) is 23.4. The molecule has 4 saturated carbocycles. The molecule has 19 N–H and O–H groups in total. The number of phenols is 1. The summed E-state index contributed by atoms with van der Waals surface area (Å²) in [5.74, 6) is -14.4. The number of fused-ring (bicyclic) bond motifs is 12. The van der Waals surface area contributed by atoms with Gasteiger partial charge in [-0.05, 0) is 199 Å². The van der Waals surface area contributed by atoms with Gasteiger partial charge < -0.3 is 113 Å². The lowest BCUT2D eigenvalue weighted by Crippen LogP contribution is -2.60. The molecule has 14 atom stereocenters. The Kier molecular flexibility index (Phi) is 24.3. The number of benzene rings is 6. The number of nitrogens with one attached hydrogen (secondary N) is 9. The Morgan fingerprint density at radius 2 is 1.32 bits per heavy atom. The van der Waals surface area contributed by atoms with Crippen LogP contribution in [-0.4, -0.2) is 178 Å². The maximum atomic E-state index is 16.5. The topological polar surface area (TPSA) is 513 Å². The number of nitrogens with two attached hydrogens (primary N) is 1. The van der Waals surface area contributed by atoms with Crippen LogP contribution < -0.4 is 71.9 Å². The van der Waals surface area contributed by atoms with E-state index in [9.17, 15) is 58.9 Å². The molecule has 33 nitrogen and oxygen atoms in total. The normalized spacial score (nSPS) is 28.5. The van der Waals surface area contributed by atoms with Crippen molar-refractivity contribution >= 4 is 68.9 Å². The highest BCUT2D eigenvalue weighted by Gasteiger charge is 2.52. The first-order valence-electron chi connectivity index (χ1n) is 39.2. The van der Waals surface area contributed by atoms with Crippen molar-refractivity contribution in [3.63, 3.8) is 0 Å². The Labute approximate surface area is 677 Å². The van der Waals surface area contributed by atoms with Gasteiger partial charge in [-0.2, -0.15) is 0 Å². The number of likely N-dealkylation sites (N-methyl/N-ethyl adjacent to an activating group) is 1. The average molecular weight is 1660 g/mol. The molecule has 6 heterocycles. The molecular formula is C82H95ClN10O23S. The van der Waals surface area contributed by atoms with Gasteiger partial charge in [0.25, 0.3) is 10.0 Å². The van der Waals surface area contributed by atoms with Crippen molar-refractivity contribution in [2.45, 2.75) is 193 Å². The van der Waals surface area contributed by atoms with Gasteiger partial charge in [-0.3, -0.25) is 38.4 Å². The Bertz CT molecular complexity index is 4930. The predicted octanol–water partition coefficient (Wildman–Crippen LogP) is 3.10. The van der Waals surface area contributed by atoms with Gasteiger partial charge in [0, 0.05) is 23.7 Å². The van der Waals surface area contributed by atoms with Crippen molar-refractivity contribution in [3.8, 4) is 51.4 Å². The highest BCUT2D eigenvalue weighted by Crippen LogP contribution is 2.56. The van der Waals surface area contributed by atoms with Crippen molar-refractivity contribution < 1.29 is 111 Å². The molecule has 1 saturated heterocycles. The summed E-state index contributed by atoms with van der Waals surface area (Å²) < 4.78 is 61.9. The van der Waals surface area contributed by atoms with Crippen LogP contribution in [0.5, 0.6) is 40.2 Å². The summed E-state index contributed by atoms with van der Waals surface area (Å²) >= 11 is 7.11. The molecule has 15 bridgehead atoms. The molecule has 117 heavy (non-hydrogen) atoms. The summed E-state index contributed by atoms with van der Waals surface area (Å²) in [6.07, 6.45) is -6.59. The zero-order valence-electron chi connectivity index (χ0n) is 64.2. The lowest BCUT2D eigenvalue weighted by atomic mass is 9.54. The molecule has 0 spiro atoms. The van der Waals surface area contributed by atoms with Gasteiger partial charge in [-0.15, -0.1) is 0 Å². The van der Waals surface area contributed by atoms with Crippen molar-refractivity contribution in [1.82, 2.24) is 47.3 Å². The third kappa shape index (κ3) is 17.2. The zero-order chi connectivity index (χ0) is 83.4. The monoisotopic (exact) mass is 1650 g/mol. The number of unbranched alkanes of at least 4 members (excludes halogenated alkanes) is 3. The van der Waals surface area contributed by atoms with E-state index in [0.717, 1.165) is 94.2 Å². The maximum Gasteiger partial charge on any atom is 0.264 e. The van der Waals surface area contributed by atoms with Gasteiger partial charge in [-0.1, -0.05) is 82.0 Å². The van der Waals surface area contributed by atoms with Crippen LogP contribution in [0.1, 0.15) is 161 Å². The summed E-state index contributed by atoms with van der Waals surface area (Å²) in [6.45, 7) is 5.55. The largest absolute Gasteiger partial charge is 0.508 e. The molecule has 17 rings (SSSR count). The summed E-state index contributed by atoms with van der Waals surface area (Å²) in [7, 11) is -3.40. The van der Waals surface area contributed by atoms with Crippen molar-refractivity contribution in [1.29, 1.82) is 0 Å². The van der Waals surface area contributed by atoms with E-state index in [-0.39, 0.29) is 91.2 Å². The first kappa shape index (κ1) is 83.4. The number of hydrogen-bond acceptors (Lipinski definition) is 25. The van der Waals surface area contributed by atoms with Crippen LogP contribution in [0.3, 0.4) is 0 Å². The fourth-order valence-electron chi connectivity index (χ4n) is 17.6. The number of rotatable bonds is 20. The number of carbonyl (C=O) groups is 8. The van der Waals surface area contributed by atoms with Gasteiger partial charge in [-0.25, -0.2) is 13.1 Å². The van der Waals surface area contributed by atoms with Gasteiger partial charge in [0.15, 0.2) is 11.5 Å². The van der Waals surface area contributed by atoms with E-state index in [2.05, 4.69) is 49.5 Å². The molecule has 0 unspecified atom stereocenters. The van der Waals surface area contributed by atoms with Crippen LogP contribution in [0.2, 0.25) is 5.02 Å². The Morgan fingerprint density at radius 3 is 1.99 bits per heavy atom. The second-order valence-electron chi connectivity index (χ2n) is 31.9. The standard InChI is InChI=1S/C82H95ClN10O23S/c1-5-6-7-8-21-112-46-15-17-48(18-16-46)117(110,111)93-60(95)34-55-75(102)88-64-44-30-57(73(116-81-72(100)71(99)70(98)59(35-84)115-81)58(31-44)114-56-20-12-41(29-53(56)83)69(97)67(79(106)86-55)91-74(101)54(85-4)22-36(2)3)113-47-13-9-39(10-14-47)68(96)66-80(107)90-65(78(105)87-62-42-24-37-23-38(26-42)27-43(62)25-37)50-32-45(94)33-52-61(50)49-28-40(11-19-51(49)82(52,108)109)63(76(103)92-66)89-77(64)104/h9-20,28-33,36-38,42-43,54-55,59,62-72,81,85,94,96-100,108-109H,5-8,21-27,34-35,84H2,1-4H3,(H,86,106)(H,87,105)(H,88,102)(H,89,104)(H,90,107)(H,91,101)(H,92,103)(H,93,95)/t37?,38?,42?,43?,54-,55+,59-,62?,63-,64-,65+,66+,67-,68-,69-,70-,71+,72-,81+/m1/s1. The number of aromatic hydroxyl groups is 1. The van der Waals surface area contributed by atoms with E-state index in [1.54, 1.807) is 0 Å². The number of hydrogen-bond donors (Lipinski definition) is 18. The van der Waals surface area contributed by atoms with E-state index in [1.165, 1.54) is 79.8 Å². The summed E-state index contributed by atoms with van der Waals surface area (Å²) in [6, 6.07) is 7.35. The Hall–Kier alpha value is -10.1. The van der Waals surface area contributed by atoms with Crippen molar-refractivity contribution in [2.24, 2.45) is 35.3 Å². The second kappa shape index (κ2) is 34.1. The van der Waals surface area contributed by atoms with E-state index in [0.29, 0.717) is 24.2 Å². The van der Waals surface area contributed by atoms with Crippen molar-refractivity contribution in [2.75, 3.05) is 20.2 Å². The van der Waals surface area contributed by atoms with Crippen molar-refractivity contribution in [3.05, 3.63) is 153 Å². The van der Waals surface area contributed by atoms with Crippen LogP contribution in [0.15, 0.2) is 114 Å². The van der Waals surface area contributed by atoms with Crippen LogP contribution in [0.4, 0.5) is 0 Å². The number of halogens is 1. The first-order valence-corrected chi connectivity index (χ1v) is 41.1. The van der Waals surface area contributed by atoms with Gasteiger partial charge in [0.1, 0.15) is 95.9 Å². The highest BCUT2D eigenvalue weighted by molar-refractivity contribution is 7.90. The minimum absolute atomic E-state index is 0.0880. The maximum absolute atomic E-state index is 16.5. The van der Waals surface area contributed by atoms with Gasteiger partial charge in [0.2, 0.25) is 65.1 Å². The number of carbonyl (C=O) groups excluding carboxylic acids is 8. The van der Waals surface area contributed by atoms with Gasteiger partial charge >= 0.3 is 0 Å². The predicted molar refractivity (Wildman–Crippen MR) is 415 cm³/mol. The minimum Gasteiger partial charge on any atom is -0.508 e. The third-order valence-corrected chi connectivity index (χ3v) is 25.0. The molecule has 6 aromatic rings. The second-order valence-corrected chi connectivity index (χ2v) is 34.0. The van der Waals surface area contributed by atoms with Crippen LogP contribution >= 0.6 is 11.6 Å². The molecule has 624 valence electrons. The Morgan fingerprint density at radius 1 is 0.667 bits per heavy atom. The SMILES string of the molecule is CCCCCCOc1ccc(S(=O)(=O)NC(=O)C[C@@H]2NC(=O)[C@H](NC(=O)[C@@H](CC(C)C)NC)[C@H](O)c3ccc(c(Cl)c3)Oc3cc4cc(c3O[C@@H]3O[C@H](CN)[C@@H](O)[C@H](O)[C@H]3O)Oc3ccc(cc3)[C@@H](O)[C@@H]3NC(=O)[C@H](NC(=O)[C@@H]4NC2=O)c2ccc4c(c2)-c2c(cc(O)cc2C4(O)O)[C@@H](C(=O)NC2C4CC5CC(C4)CC2C5)NC3=O)cc1. The Balaban J connectivity index is 0.935. The molecule has 5 aliphatic carbocycles. The highest BCUT2D eigenvalue weighted by atomic mass is 35.5. The van der Waals surface area contributed by atoms with E-state index >= 15 is 28.8 Å². The molecule has 6 aromatic carbocycles. The summed E-state index contributed by atoms with van der Waals surface area (Å²) in [5, 5.41) is 117. The number of aliphatic hydroxyl groups is 7. The van der Waals surface area contributed by atoms with Gasteiger partial charge in [0.05, 0.1) is 29.0 Å². The number of sulfonamides is 1. The van der Waals surface area contributed by atoms with Crippen LogP contribution in [0.25, 0.3) is 11.1 Å². The number of aliphatic hydroxyl groups excluding tert-OH is 5. The number of amides is 8. The molecule has 8 amide bonds. The summed E-state index contributed by atoms with van der Waals surface area (Å²) in [5.41, 5.74) is 4.05. The number of phenolic OH excluding ortho intramolecular Hbond substituents is 1.